The Balaban J connectivity index is 1.73. The standard InChI is InChI=1S/C20H21N5O2S/c21-28(26,27)15-8-6-13(7-9-15)18-17-12-23-19-16(10-11-22-19)25(17)20(24-18)14-4-2-1-3-5-14/h6-12,14,22H,1-5H2,(H2,21,26,27). The van der Waals surface area contributed by atoms with E-state index in [0.29, 0.717) is 5.92 Å². The van der Waals surface area contributed by atoms with E-state index in [1.165, 1.54) is 31.4 Å². The van der Waals surface area contributed by atoms with Gasteiger partial charge in [0.1, 0.15) is 5.82 Å². The number of hydrogen-bond acceptors (Lipinski definition) is 4. The van der Waals surface area contributed by atoms with E-state index in [9.17, 15) is 8.42 Å². The summed E-state index contributed by atoms with van der Waals surface area (Å²) in [6.45, 7) is 0. The number of rotatable bonds is 3. The number of fused-ring (bicyclic) bond motifs is 3. The molecular formula is C20H21N5O2S. The number of nitrogens with zero attached hydrogens (tertiary/aromatic N) is 3. The number of sulfonamides is 1. The Bertz CT molecular complexity index is 1270. The molecule has 0 radical (unpaired) electrons. The minimum Gasteiger partial charge on any atom is -0.345 e. The van der Waals surface area contributed by atoms with Crippen LogP contribution in [0.25, 0.3) is 27.9 Å². The lowest BCUT2D eigenvalue weighted by Crippen LogP contribution is -2.11. The maximum absolute atomic E-state index is 11.6. The van der Waals surface area contributed by atoms with E-state index < -0.39 is 10.0 Å². The van der Waals surface area contributed by atoms with Crippen molar-refractivity contribution in [2.75, 3.05) is 0 Å². The van der Waals surface area contributed by atoms with Gasteiger partial charge in [0.2, 0.25) is 10.0 Å². The quantitative estimate of drug-likeness (QED) is 0.553. The molecule has 0 amide bonds. The fourth-order valence-corrected chi connectivity index (χ4v) is 4.75. The molecule has 144 valence electrons. The molecule has 1 fully saturated rings. The average Bonchev–Trinajstić information content (AvgIpc) is 3.32. The third-order valence-electron chi connectivity index (χ3n) is 5.63. The highest BCUT2D eigenvalue weighted by Crippen LogP contribution is 2.36. The van der Waals surface area contributed by atoms with E-state index >= 15 is 0 Å². The lowest BCUT2D eigenvalue weighted by molar-refractivity contribution is 0.429. The third-order valence-corrected chi connectivity index (χ3v) is 6.56. The van der Waals surface area contributed by atoms with Crippen molar-refractivity contribution in [1.82, 2.24) is 19.4 Å². The smallest absolute Gasteiger partial charge is 0.238 e. The number of benzene rings is 1. The van der Waals surface area contributed by atoms with Gasteiger partial charge in [-0.2, -0.15) is 0 Å². The molecule has 0 spiro atoms. The van der Waals surface area contributed by atoms with Gasteiger partial charge in [0.15, 0.2) is 5.65 Å². The van der Waals surface area contributed by atoms with Gasteiger partial charge in [-0.3, -0.25) is 4.40 Å². The van der Waals surface area contributed by atoms with E-state index in [0.717, 1.165) is 46.6 Å². The van der Waals surface area contributed by atoms with Crippen LogP contribution in [0, 0.1) is 0 Å². The first kappa shape index (κ1) is 17.4. The summed E-state index contributed by atoms with van der Waals surface area (Å²) in [5.41, 5.74) is 4.44. The summed E-state index contributed by atoms with van der Waals surface area (Å²) in [4.78, 5) is 12.8. The second kappa shape index (κ2) is 6.42. The molecular weight excluding hydrogens is 374 g/mol. The summed E-state index contributed by atoms with van der Waals surface area (Å²) in [6, 6.07) is 8.59. The fourth-order valence-electron chi connectivity index (χ4n) is 4.23. The van der Waals surface area contributed by atoms with Crippen LogP contribution in [-0.4, -0.2) is 27.8 Å². The van der Waals surface area contributed by atoms with Crippen molar-refractivity contribution in [2.24, 2.45) is 5.14 Å². The van der Waals surface area contributed by atoms with Crippen LogP contribution in [0.4, 0.5) is 0 Å². The SMILES string of the molecule is NS(=O)(=O)c1ccc(-c2nc(C3CCCCC3)n3c2cnc2[nH]ccc23)cc1. The molecule has 3 aromatic heterocycles. The molecule has 3 heterocycles. The maximum Gasteiger partial charge on any atom is 0.238 e. The predicted molar refractivity (Wildman–Crippen MR) is 107 cm³/mol. The Kier molecular flexibility index (Phi) is 3.99. The van der Waals surface area contributed by atoms with Crippen LogP contribution in [-0.2, 0) is 10.0 Å². The van der Waals surface area contributed by atoms with Crippen molar-refractivity contribution < 1.29 is 8.42 Å². The first-order chi connectivity index (χ1) is 13.5. The van der Waals surface area contributed by atoms with Gasteiger partial charge in [0.25, 0.3) is 0 Å². The minimum atomic E-state index is -3.72. The van der Waals surface area contributed by atoms with E-state index in [4.69, 9.17) is 10.1 Å². The molecule has 0 aliphatic heterocycles. The number of H-pyrrole nitrogens is 1. The molecule has 28 heavy (non-hydrogen) atoms. The van der Waals surface area contributed by atoms with Crippen LogP contribution >= 0.6 is 0 Å². The van der Waals surface area contributed by atoms with Gasteiger partial charge in [-0.05, 0) is 31.0 Å². The fraction of sp³-hybridized carbons (Fsp3) is 0.300. The van der Waals surface area contributed by atoms with Crippen molar-refractivity contribution in [3.05, 3.63) is 48.5 Å². The number of hydrogen-bond donors (Lipinski definition) is 2. The Morgan fingerprint density at radius 3 is 2.50 bits per heavy atom. The van der Waals surface area contributed by atoms with Gasteiger partial charge in [0.05, 0.1) is 27.8 Å². The van der Waals surface area contributed by atoms with Crippen molar-refractivity contribution >= 4 is 26.7 Å². The lowest BCUT2D eigenvalue weighted by Gasteiger charge is -2.20. The Morgan fingerprint density at radius 1 is 1.04 bits per heavy atom. The minimum absolute atomic E-state index is 0.0958. The van der Waals surface area contributed by atoms with Gasteiger partial charge in [-0.25, -0.2) is 23.5 Å². The van der Waals surface area contributed by atoms with Crippen molar-refractivity contribution in [2.45, 2.75) is 42.9 Å². The van der Waals surface area contributed by atoms with E-state index in [1.807, 2.05) is 18.5 Å². The second-order valence-corrected chi connectivity index (χ2v) is 8.97. The highest BCUT2D eigenvalue weighted by molar-refractivity contribution is 7.89. The average molecular weight is 395 g/mol. The van der Waals surface area contributed by atoms with Crippen LogP contribution in [0.2, 0.25) is 0 Å². The molecule has 0 unspecified atom stereocenters. The molecule has 8 heteroatoms. The van der Waals surface area contributed by atoms with Crippen molar-refractivity contribution in [3.8, 4) is 11.3 Å². The molecule has 1 saturated carbocycles. The Morgan fingerprint density at radius 2 is 1.79 bits per heavy atom. The topological polar surface area (TPSA) is 106 Å². The molecule has 5 rings (SSSR count). The van der Waals surface area contributed by atoms with E-state index in [2.05, 4.69) is 14.4 Å². The zero-order valence-electron chi connectivity index (χ0n) is 15.3. The number of nitrogens with two attached hydrogens (primary N) is 1. The van der Waals surface area contributed by atoms with Crippen LogP contribution in [0.5, 0.6) is 0 Å². The van der Waals surface area contributed by atoms with Gasteiger partial charge < -0.3 is 4.98 Å². The van der Waals surface area contributed by atoms with Crippen molar-refractivity contribution in [1.29, 1.82) is 0 Å². The zero-order chi connectivity index (χ0) is 19.3. The Hall–Kier alpha value is -2.71. The molecule has 1 aliphatic rings. The molecule has 0 atom stereocenters. The zero-order valence-corrected chi connectivity index (χ0v) is 16.1. The van der Waals surface area contributed by atoms with Gasteiger partial charge in [-0.15, -0.1) is 0 Å². The maximum atomic E-state index is 11.6. The highest BCUT2D eigenvalue weighted by atomic mass is 32.2. The third kappa shape index (κ3) is 2.80. The monoisotopic (exact) mass is 395 g/mol. The summed E-state index contributed by atoms with van der Waals surface area (Å²) in [5, 5.41) is 5.23. The second-order valence-electron chi connectivity index (χ2n) is 7.41. The Labute approximate surface area is 162 Å². The number of aromatic nitrogens is 4. The van der Waals surface area contributed by atoms with Crippen LogP contribution in [0.15, 0.2) is 47.6 Å². The largest absolute Gasteiger partial charge is 0.345 e. The number of aromatic amines is 1. The van der Waals surface area contributed by atoms with Crippen LogP contribution < -0.4 is 5.14 Å². The van der Waals surface area contributed by atoms with E-state index in [1.54, 1.807) is 12.1 Å². The van der Waals surface area contributed by atoms with Gasteiger partial charge in [-0.1, -0.05) is 31.4 Å². The highest BCUT2D eigenvalue weighted by Gasteiger charge is 2.24. The number of imidazole rings is 1. The molecule has 0 saturated heterocycles. The number of primary sulfonamides is 1. The predicted octanol–water partition coefficient (Wildman–Crippen LogP) is 3.57. The summed E-state index contributed by atoms with van der Waals surface area (Å²) in [6.07, 6.45) is 9.72. The molecule has 7 nitrogen and oxygen atoms in total. The summed E-state index contributed by atoms with van der Waals surface area (Å²) < 4.78 is 25.3. The molecule has 1 aliphatic carbocycles. The normalized spacial score (nSPS) is 16.2. The van der Waals surface area contributed by atoms with E-state index in [-0.39, 0.29) is 4.90 Å². The molecule has 4 aromatic rings. The summed E-state index contributed by atoms with van der Waals surface area (Å²) in [5.74, 6) is 1.48. The molecule has 3 N–H and O–H groups in total. The van der Waals surface area contributed by atoms with Crippen LogP contribution in [0.1, 0.15) is 43.8 Å². The molecule has 0 bridgehead atoms. The van der Waals surface area contributed by atoms with Gasteiger partial charge in [0, 0.05) is 17.7 Å². The van der Waals surface area contributed by atoms with Gasteiger partial charge >= 0.3 is 0 Å². The lowest BCUT2D eigenvalue weighted by atomic mass is 9.89. The van der Waals surface area contributed by atoms with Crippen molar-refractivity contribution in [3.63, 3.8) is 0 Å². The number of nitrogens with one attached hydrogen (secondary N) is 1. The molecule has 1 aromatic carbocycles. The summed E-state index contributed by atoms with van der Waals surface area (Å²) in [7, 11) is -3.72. The summed E-state index contributed by atoms with van der Waals surface area (Å²) >= 11 is 0. The first-order valence-corrected chi connectivity index (χ1v) is 11.0. The first-order valence-electron chi connectivity index (χ1n) is 9.50. The van der Waals surface area contributed by atoms with Crippen LogP contribution in [0.3, 0.4) is 0 Å².